The summed E-state index contributed by atoms with van der Waals surface area (Å²) in [5.41, 5.74) is 5.22. The number of fused-ring (bicyclic) bond motifs is 1. The van der Waals surface area contributed by atoms with Gasteiger partial charge < -0.3 is 25.3 Å². The molecule has 1 unspecified atom stereocenters. The number of nitrogens with zero attached hydrogens (tertiary/aromatic N) is 2. The van der Waals surface area contributed by atoms with Crippen LogP contribution in [0.4, 0.5) is 5.95 Å². The van der Waals surface area contributed by atoms with Gasteiger partial charge in [-0.25, -0.2) is 13.4 Å². The predicted octanol–water partition coefficient (Wildman–Crippen LogP) is 4.52. The number of carboxylic acid groups (broad SMARTS) is 1. The minimum atomic E-state index is -4.30. The molecule has 49 heavy (non-hydrogen) atoms. The summed E-state index contributed by atoms with van der Waals surface area (Å²) in [5, 5.41) is 13.7. The maximum atomic E-state index is 14.0. The van der Waals surface area contributed by atoms with E-state index in [1.165, 1.54) is 11.1 Å². The molecule has 1 amide bonds. The Balaban J connectivity index is 1.43. The van der Waals surface area contributed by atoms with Gasteiger partial charge in [-0.3, -0.25) is 14.4 Å². The van der Waals surface area contributed by atoms with Crippen molar-refractivity contribution >= 4 is 38.8 Å². The number of aliphatic carboxylic acids is 1. The highest BCUT2D eigenvalue weighted by atomic mass is 32.2. The topological polar surface area (TPSA) is 177 Å². The Bertz CT molecular complexity index is 2150. The first-order valence-corrected chi connectivity index (χ1v) is 17.3. The molecule has 5 rings (SSSR count). The quantitative estimate of drug-likeness (QED) is 0.120. The number of rotatable bonds is 13. The van der Waals surface area contributed by atoms with Crippen molar-refractivity contribution in [3.05, 3.63) is 122 Å². The van der Waals surface area contributed by atoms with Gasteiger partial charge in [0.1, 0.15) is 11.6 Å². The standard InChI is InChI=1S/C36H40N6O6S/c1-21-15-22(2)33(23(3)16-21)49(47,48)41-31(35(45)46)20-42(14-13-26-9-7-6-8-10-26)34(44)29-19-37-30-17-27(11-12-28(30)32(29)43)18-38-36-39-24(4)25(5)40-36/h6-12,15-17,19,31,41H,13-14,18,20H2,1-5H3,(H,37,43)(H,45,46)(H2,38,39,40). The number of amides is 1. The second-order valence-electron chi connectivity index (χ2n) is 12.3. The van der Waals surface area contributed by atoms with Crippen LogP contribution in [-0.2, 0) is 27.8 Å². The van der Waals surface area contributed by atoms with Crippen molar-refractivity contribution < 1.29 is 23.1 Å². The molecule has 2 aromatic heterocycles. The highest BCUT2D eigenvalue weighted by Gasteiger charge is 2.32. The second-order valence-corrected chi connectivity index (χ2v) is 13.9. The number of aryl methyl sites for hydroxylation is 5. The Kier molecular flexibility index (Phi) is 10.3. The summed E-state index contributed by atoms with van der Waals surface area (Å²) in [4.78, 5) is 52.1. The van der Waals surface area contributed by atoms with Crippen molar-refractivity contribution in [3.8, 4) is 0 Å². The average Bonchev–Trinajstić information content (AvgIpc) is 3.37. The van der Waals surface area contributed by atoms with Gasteiger partial charge >= 0.3 is 5.97 Å². The lowest BCUT2D eigenvalue weighted by atomic mass is 10.1. The van der Waals surface area contributed by atoms with E-state index in [1.807, 2.05) is 51.1 Å². The van der Waals surface area contributed by atoms with Gasteiger partial charge in [-0.05, 0) is 75.4 Å². The zero-order chi connectivity index (χ0) is 35.5. The number of carbonyl (C=O) groups is 2. The summed E-state index contributed by atoms with van der Waals surface area (Å²) in [6.07, 6.45) is 1.66. The van der Waals surface area contributed by atoms with Gasteiger partial charge in [0.15, 0.2) is 0 Å². The number of nitrogens with one attached hydrogen (secondary N) is 4. The number of pyridine rings is 1. The van der Waals surface area contributed by atoms with E-state index in [9.17, 15) is 27.9 Å². The number of anilines is 1. The van der Waals surface area contributed by atoms with Crippen LogP contribution >= 0.6 is 0 Å². The smallest absolute Gasteiger partial charge is 0.323 e. The minimum Gasteiger partial charge on any atom is -0.480 e. The maximum absolute atomic E-state index is 14.0. The van der Waals surface area contributed by atoms with E-state index in [-0.39, 0.29) is 22.4 Å². The molecule has 0 bridgehead atoms. The molecule has 0 aliphatic heterocycles. The number of aromatic nitrogens is 3. The van der Waals surface area contributed by atoms with Gasteiger partial charge in [-0.1, -0.05) is 54.1 Å². The number of carboxylic acids is 1. The lowest BCUT2D eigenvalue weighted by molar-refractivity contribution is -0.139. The second kappa shape index (κ2) is 14.5. The first-order valence-electron chi connectivity index (χ1n) is 15.8. The number of imidazole rings is 1. The third-order valence-corrected chi connectivity index (χ3v) is 10.2. The van der Waals surface area contributed by atoms with E-state index in [0.29, 0.717) is 35.6 Å². The van der Waals surface area contributed by atoms with E-state index in [2.05, 4.69) is 25.0 Å². The van der Waals surface area contributed by atoms with Crippen LogP contribution in [0.3, 0.4) is 0 Å². The van der Waals surface area contributed by atoms with E-state index >= 15 is 0 Å². The highest BCUT2D eigenvalue weighted by molar-refractivity contribution is 7.89. The van der Waals surface area contributed by atoms with Crippen molar-refractivity contribution in [3.63, 3.8) is 0 Å². The fourth-order valence-corrected chi connectivity index (χ4v) is 7.57. The molecule has 5 N–H and O–H groups in total. The molecule has 0 saturated carbocycles. The van der Waals surface area contributed by atoms with Gasteiger partial charge in [0.05, 0.1) is 10.6 Å². The van der Waals surface area contributed by atoms with Gasteiger partial charge in [0.25, 0.3) is 5.91 Å². The summed E-state index contributed by atoms with van der Waals surface area (Å²) >= 11 is 0. The zero-order valence-corrected chi connectivity index (χ0v) is 28.9. The largest absolute Gasteiger partial charge is 0.480 e. The van der Waals surface area contributed by atoms with Crippen LogP contribution in [-0.4, -0.2) is 64.4 Å². The number of sulfonamides is 1. The Morgan fingerprint density at radius 2 is 1.65 bits per heavy atom. The normalized spacial score (nSPS) is 12.2. The molecular formula is C36H40N6O6S. The Labute approximate surface area is 284 Å². The van der Waals surface area contributed by atoms with E-state index < -0.39 is 39.9 Å². The monoisotopic (exact) mass is 684 g/mol. The maximum Gasteiger partial charge on any atom is 0.323 e. The molecule has 12 nitrogen and oxygen atoms in total. The number of benzene rings is 3. The van der Waals surface area contributed by atoms with E-state index in [0.717, 1.165) is 28.1 Å². The van der Waals surface area contributed by atoms with Gasteiger partial charge in [-0.15, -0.1) is 0 Å². The number of hydrogen-bond acceptors (Lipinski definition) is 7. The number of carbonyl (C=O) groups excluding carboxylic acids is 1. The van der Waals surface area contributed by atoms with Crippen molar-refractivity contribution in [2.45, 2.75) is 58.5 Å². The third kappa shape index (κ3) is 8.07. The molecular weight excluding hydrogens is 644 g/mol. The van der Waals surface area contributed by atoms with Crippen molar-refractivity contribution in [2.75, 3.05) is 18.4 Å². The summed E-state index contributed by atoms with van der Waals surface area (Å²) in [7, 11) is -4.30. The first-order chi connectivity index (χ1) is 23.2. The molecule has 13 heteroatoms. The van der Waals surface area contributed by atoms with Crippen molar-refractivity contribution in [1.29, 1.82) is 0 Å². The number of aromatic amines is 2. The summed E-state index contributed by atoms with van der Waals surface area (Å²) < 4.78 is 29.4. The summed E-state index contributed by atoms with van der Waals surface area (Å²) in [6, 6.07) is 16.2. The molecule has 2 heterocycles. The van der Waals surface area contributed by atoms with Crippen LogP contribution < -0.4 is 15.5 Å². The molecule has 0 aliphatic rings. The van der Waals surface area contributed by atoms with Gasteiger partial charge in [0, 0.05) is 42.4 Å². The van der Waals surface area contributed by atoms with Crippen LogP contribution in [0, 0.1) is 34.6 Å². The molecule has 5 aromatic rings. The Morgan fingerprint density at radius 1 is 0.959 bits per heavy atom. The summed E-state index contributed by atoms with van der Waals surface area (Å²) in [6.45, 7) is 8.93. The van der Waals surface area contributed by atoms with Crippen LogP contribution in [0.25, 0.3) is 10.9 Å². The van der Waals surface area contributed by atoms with Crippen molar-refractivity contribution in [2.24, 2.45) is 0 Å². The molecule has 0 fully saturated rings. The molecule has 3 aromatic carbocycles. The molecule has 256 valence electrons. The number of H-pyrrole nitrogens is 2. The SMILES string of the molecule is Cc1cc(C)c(S(=O)(=O)NC(CN(CCc2ccccc2)C(=O)c2c[nH]c3cc(CNc4nc(C)c(C)[nH]4)ccc3c2=O)C(=O)O)c(C)c1. The van der Waals surface area contributed by atoms with Crippen LogP contribution in [0.1, 0.15) is 49.6 Å². The fraction of sp³-hybridized carbons (Fsp3) is 0.278. The minimum absolute atomic E-state index is 0.0126. The molecule has 0 radical (unpaired) electrons. The molecule has 1 atom stereocenters. The van der Waals surface area contributed by atoms with E-state index in [1.54, 1.807) is 44.2 Å². The fourth-order valence-electron chi connectivity index (χ4n) is 5.93. The molecule has 0 aliphatic carbocycles. The Hall–Kier alpha value is -5.27. The predicted molar refractivity (Wildman–Crippen MR) is 188 cm³/mol. The van der Waals surface area contributed by atoms with E-state index in [4.69, 9.17) is 0 Å². The van der Waals surface area contributed by atoms with Gasteiger partial charge in [0.2, 0.25) is 21.4 Å². The van der Waals surface area contributed by atoms with Crippen LogP contribution in [0.2, 0.25) is 0 Å². The first kappa shape index (κ1) is 35.0. The molecule has 0 spiro atoms. The van der Waals surface area contributed by atoms with Crippen LogP contribution in [0.15, 0.2) is 76.6 Å². The zero-order valence-electron chi connectivity index (χ0n) is 28.0. The third-order valence-electron chi connectivity index (χ3n) is 8.44. The summed E-state index contributed by atoms with van der Waals surface area (Å²) in [5.74, 6) is -1.55. The average molecular weight is 685 g/mol. The molecule has 0 saturated heterocycles. The van der Waals surface area contributed by atoms with Crippen LogP contribution in [0.5, 0.6) is 0 Å². The lowest BCUT2D eigenvalue weighted by Gasteiger charge is -2.27. The highest BCUT2D eigenvalue weighted by Crippen LogP contribution is 2.22. The Morgan fingerprint density at radius 3 is 2.29 bits per heavy atom. The van der Waals surface area contributed by atoms with Gasteiger partial charge in [-0.2, -0.15) is 4.72 Å². The number of hydrogen-bond donors (Lipinski definition) is 5. The van der Waals surface area contributed by atoms with Crippen molar-refractivity contribution in [1.82, 2.24) is 24.6 Å². The lowest BCUT2D eigenvalue weighted by Crippen LogP contribution is -2.51.